The van der Waals surface area contributed by atoms with Crippen LogP contribution in [0.15, 0.2) is 24.3 Å². The summed E-state index contributed by atoms with van der Waals surface area (Å²) in [6.07, 6.45) is 17.7. The van der Waals surface area contributed by atoms with Gasteiger partial charge in [0.15, 0.2) is 0 Å². The molecule has 0 aromatic heterocycles. The van der Waals surface area contributed by atoms with Crippen LogP contribution in [0.1, 0.15) is 71.1 Å². The molecule has 0 saturated heterocycles. The molecule has 0 saturated carbocycles. The summed E-state index contributed by atoms with van der Waals surface area (Å²) in [6, 6.07) is 0. The number of esters is 1. The third kappa shape index (κ3) is 23.9. The molecule has 0 aromatic carbocycles. The minimum atomic E-state index is -4.25. The van der Waals surface area contributed by atoms with Crippen molar-refractivity contribution in [2.75, 3.05) is 47.5 Å². The summed E-state index contributed by atoms with van der Waals surface area (Å²) in [4.78, 5) is 21.3. The lowest BCUT2D eigenvalue weighted by Gasteiger charge is -2.24. The summed E-state index contributed by atoms with van der Waals surface area (Å²) in [6.45, 7) is 2.04. The molecule has 0 heterocycles. The molecule has 194 valence electrons. The molecular weight excluding hydrogens is 445 g/mol. The van der Waals surface area contributed by atoms with Gasteiger partial charge in [0.1, 0.15) is 25.9 Å². The van der Waals surface area contributed by atoms with E-state index in [1.165, 1.54) is 38.5 Å². The van der Waals surface area contributed by atoms with Gasteiger partial charge in [-0.25, -0.2) is 4.57 Å². The van der Waals surface area contributed by atoms with Crippen molar-refractivity contribution in [2.24, 2.45) is 0 Å². The Morgan fingerprint density at radius 1 is 0.939 bits per heavy atom. The van der Waals surface area contributed by atoms with Crippen LogP contribution in [0, 0.1) is 0 Å². The number of phosphoric ester groups is 1. The minimum absolute atomic E-state index is 0.0464. The Labute approximate surface area is 200 Å². The Kier molecular flexibility index (Phi) is 18.7. The number of nitrogens with zero attached hydrogens (tertiary/aromatic N) is 1. The second-order valence-electron chi connectivity index (χ2n) is 9.22. The maximum Gasteiger partial charge on any atom is 0.472 e. The van der Waals surface area contributed by atoms with Gasteiger partial charge in [-0.3, -0.25) is 13.8 Å². The van der Waals surface area contributed by atoms with Gasteiger partial charge in [0, 0.05) is 6.42 Å². The summed E-state index contributed by atoms with van der Waals surface area (Å²) in [5, 5.41) is 9.79. The number of ether oxygens (including phenoxy) is 1. The number of unbranched alkanes of at least 4 members (excludes halogenated alkanes) is 6. The molecule has 9 heteroatoms. The van der Waals surface area contributed by atoms with Crippen molar-refractivity contribution in [1.82, 2.24) is 0 Å². The average Bonchev–Trinajstić information content (AvgIpc) is 2.73. The predicted molar refractivity (Wildman–Crippen MR) is 132 cm³/mol. The highest BCUT2D eigenvalue weighted by atomic mass is 31.2. The molecule has 0 aromatic rings. The van der Waals surface area contributed by atoms with E-state index in [4.69, 9.17) is 13.8 Å². The van der Waals surface area contributed by atoms with Crippen LogP contribution >= 0.6 is 7.82 Å². The molecule has 0 radical (unpaired) electrons. The first kappa shape index (κ1) is 32.0. The van der Waals surface area contributed by atoms with Gasteiger partial charge >= 0.3 is 13.8 Å². The highest BCUT2D eigenvalue weighted by Gasteiger charge is 2.24. The lowest BCUT2D eigenvalue weighted by atomic mass is 10.1. The van der Waals surface area contributed by atoms with Gasteiger partial charge in [-0.05, 0) is 25.7 Å². The lowest BCUT2D eigenvalue weighted by molar-refractivity contribution is -0.870. The van der Waals surface area contributed by atoms with Crippen LogP contribution < -0.4 is 0 Å². The van der Waals surface area contributed by atoms with Crippen LogP contribution in [0.2, 0.25) is 0 Å². The van der Waals surface area contributed by atoms with Crippen LogP contribution in [0.4, 0.5) is 0 Å². The summed E-state index contributed by atoms with van der Waals surface area (Å²) >= 11 is 0. The molecule has 0 spiro atoms. The molecule has 8 nitrogen and oxygen atoms in total. The Morgan fingerprint density at radius 2 is 1.58 bits per heavy atom. The number of aliphatic hydroxyl groups is 1. The largest absolute Gasteiger partial charge is 0.472 e. The molecule has 0 fully saturated rings. The molecular formula is C24H47NO7P+. The molecule has 0 rings (SSSR count). The number of allylic oxidation sites excluding steroid dienone is 4. The third-order valence-corrected chi connectivity index (χ3v) is 5.71. The van der Waals surface area contributed by atoms with Crippen LogP contribution in [0.3, 0.4) is 0 Å². The summed E-state index contributed by atoms with van der Waals surface area (Å²) in [7, 11) is 1.53. The van der Waals surface area contributed by atoms with E-state index in [1.807, 2.05) is 33.3 Å². The van der Waals surface area contributed by atoms with Gasteiger partial charge in [0.05, 0.1) is 27.7 Å². The fourth-order valence-electron chi connectivity index (χ4n) is 2.71. The highest BCUT2D eigenvalue weighted by Crippen LogP contribution is 2.43. The first-order valence-corrected chi connectivity index (χ1v) is 13.6. The van der Waals surface area contributed by atoms with E-state index >= 15 is 0 Å². The number of quaternary nitrogens is 1. The SMILES string of the molecule is CCCCCCCC/C=C/C/C=C/CCC(=O)OCC(O)COP(=O)(O)OCC[N+](C)(C)C. The van der Waals surface area contributed by atoms with Gasteiger partial charge in [-0.1, -0.05) is 63.3 Å². The standard InChI is InChI=1S/C24H46NO7P/c1-5-6-7-8-9-10-11-12-13-14-15-16-17-18-24(27)30-21-23(26)22-32-33(28,29)31-20-19-25(2,3)4/h12-13,15-16,23,26H,5-11,14,17-22H2,1-4H3/p+1/b13-12+,16-15+. The van der Waals surface area contributed by atoms with Crippen LogP contribution in [0.5, 0.6) is 0 Å². The van der Waals surface area contributed by atoms with Crippen LogP contribution in [0.25, 0.3) is 0 Å². The van der Waals surface area contributed by atoms with E-state index in [-0.39, 0.29) is 19.6 Å². The zero-order chi connectivity index (χ0) is 25.0. The average molecular weight is 493 g/mol. The van der Waals surface area contributed by atoms with Gasteiger partial charge in [0.2, 0.25) is 0 Å². The first-order chi connectivity index (χ1) is 15.6. The fraction of sp³-hybridized carbons (Fsp3) is 0.792. The van der Waals surface area contributed by atoms with Crippen molar-refractivity contribution in [3.63, 3.8) is 0 Å². The second kappa shape index (κ2) is 19.3. The molecule has 0 aliphatic rings. The molecule has 2 unspecified atom stereocenters. The number of phosphoric acid groups is 1. The van der Waals surface area contributed by atoms with Crippen molar-refractivity contribution < 1.29 is 37.6 Å². The minimum Gasteiger partial charge on any atom is -0.463 e. The number of rotatable bonds is 21. The predicted octanol–water partition coefficient (Wildman–Crippen LogP) is 4.76. The number of hydrogen-bond donors (Lipinski definition) is 2. The van der Waals surface area contributed by atoms with E-state index in [9.17, 15) is 19.4 Å². The van der Waals surface area contributed by atoms with E-state index in [2.05, 4.69) is 19.1 Å². The van der Waals surface area contributed by atoms with Crippen molar-refractivity contribution in [3.8, 4) is 0 Å². The maximum atomic E-state index is 11.8. The molecule has 2 N–H and O–H groups in total. The molecule has 2 atom stereocenters. The normalized spacial score (nSPS) is 15.2. The highest BCUT2D eigenvalue weighted by molar-refractivity contribution is 7.47. The number of carbonyl (C=O) groups is 1. The van der Waals surface area contributed by atoms with Crippen LogP contribution in [-0.2, 0) is 23.1 Å². The van der Waals surface area contributed by atoms with Gasteiger partial charge in [-0.2, -0.15) is 0 Å². The monoisotopic (exact) mass is 492 g/mol. The number of likely N-dealkylation sites (N-methyl/N-ethyl adjacent to an activating group) is 1. The van der Waals surface area contributed by atoms with Crippen molar-refractivity contribution in [1.29, 1.82) is 0 Å². The molecule has 0 aliphatic carbocycles. The Bertz CT molecular complexity index is 602. The van der Waals surface area contributed by atoms with Crippen molar-refractivity contribution in [2.45, 2.75) is 77.2 Å². The van der Waals surface area contributed by atoms with Gasteiger partial charge in [-0.15, -0.1) is 0 Å². The smallest absolute Gasteiger partial charge is 0.463 e. The number of carbonyl (C=O) groups excluding carboxylic acids is 1. The fourth-order valence-corrected chi connectivity index (χ4v) is 3.45. The van der Waals surface area contributed by atoms with E-state index in [1.54, 1.807) is 0 Å². The zero-order valence-electron chi connectivity index (χ0n) is 21.1. The van der Waals surface area contributed by atoms with Crippen molar-refractivity contribution in [3.05, 3.63) is 24.3 Å². The Morgan fingerprint density at radius 3 is 2.24 bits per heavy atom. The zero-order valence-corrected chi connectivity index (χ0v) is 22.0. The maximum absolute atomic E-state index is 11.8. The third-order valence-electron chi connectivity index (χ3n) is 4.73. The Hall–Kier alpha value is -1.02. The van der Waals surface area contributed by atoms with E-state index in [0.29, 0.717) is 17.4 Å². The topological polar surface area (TPSA) is 102 Å². The van der Waals surface area contributed by atoms with Gasteiger partial charge < -0.3 is 19.2 Å². The number of hydrogen-bond acceptors (Lipinski definition) is 6. The van der Waals surface area contributed by atoms with E-state index in [0.717, 1.165) is 12.8 Å². The number of aliphatic hydroxyl groups excluding tert-OH is 1. The van der Waals surface area contributed by atoms with E-state index < -0.39 is 26.5 Å². The first-order valence-electron chi connectivity index (χ1n) is 12.1. The molecule has 0 bridgehead atoms. The van der Waals surface area contributed by atoms with Crippen molar-refractivity contribution >= 4 is 13.8 Å². The quantitative estimate of drug-likeness (QED) is 0.0783. The summed E-state index contributed by atoms with van der Waals surface area (Å²) in [5.74, 6) is -0.441. The van der Waals surface area contributed by atoms with Crippen LogP contribution in [-0.4, -0.2) is 74.1 Å². The summed E-state index contributed by atoms with van der Waals surface area (Å²) in [5.41, 5.74) is 0. The molecule has 0 aliphatic heterocycles. The molecule has 33 heavy (non-hydrogen) atoms. The van der Waals surface area contributed by atoms with Gasteiger partial charge in [0.25, 0.3) is 0 Å². The summed E-state index contributed by atoms with van der Waals surface area (Å²) < 4.78 is 26.9. The molecule has 0 amide bonds. The second-order valence-corrected chi connectivity index (χ2v) is 10.7. The lowest BCUT2D eigenvalue weighted by Crippen LogP contribution is -2.37. The Balaban J connectivity index is 3.75.